The molecule has 0 saturated carbocycles. The van der Waals surface area contributed by atoms with Crippen molar-refractivity contribution in [3.63, 3.8) is 0 Å². The molecule has 92 valence electrons. The van der Waals surface area contributed by atoms with Gasteiger partial charge in [0, 0.05) is 19.3 Å². The van der Waals surface area contributed by atoms with Gasteiger partial charge in [-0.2, -0.15) is 0 Å². The van der Waals surface area contributed by atoms with E-state index in [-0.39, 0.29) is 5.91 Å². The predicted octanol–water partition coefficient (Wildman–Crippen LogP) is 0.651. The topological polar surface area (TPSA) is 79.5 Å². The first-order valence-corrected chi connectivity index (χ1v) is 5.71. The number of nitrogen functional groups attached to an aromatic ring is 1. The number of aromatic nitrogens is 1. The van der Waals surface area contributed by atoms with Crippen LogP contribution in [-0.4, -0.2) is 39.6 Å². The zero-order chi connectivity index (χ0) is 12.5. The summed E-state index contributed by atoms with van der Waals surface area (Å²) in [5, 5.41) is 9.96. The largest absolute Gasteiger partial charge is 0.388 e. The summed E-state index contributed by atoms with van der Waals surface area (Å²) >= 11 is 0. The van der Waals surface area contributed by atoms with Crippen LogP contribution in [0.25, 0.3) is 0 Å². The first-order chi connectivity index (χ1) is 7.98. The summed E-state index contributed by atoms with van der Waals surface area (Å²) in [6.45, 7) is 2.81. The normalized spacial score (nSPS) is 24.7. The Morgan fingerprint density at radius 1 is 1.59 bits per heavy atom. The van der Waals surface area contributed by atoms with Gasteiger partial charge in [-0.15, -0.1) is 0 Å². The van der Waals surface area contributed by atoms with E-state index in [0.29, 0.717) is 24.5 Å². The van der Waals surface area contributed by atoms with E-state index in [1.165, 1.54) is 6.20 Å². The first-order valence-electron chi connectivity index (χ1n) is 5.71. The van der Waals surface area contributed by atoms with Crippen molar-refractivity contribution in [2.75, 3.05) is 18.8 Å². The van der Waals surface area contributed by atoms with Gasteiger partial charge in [-0.05, 0) is 31.9 Å². The number of rotatable bonds is 1. The number of piperidine rings is 1. The van der Waals surface area contributed by atoms with E-state index in [9.17, 15) is 9.90 Å². The van der Waals surface area contributed by atoms with Gasteiger partial charge in [0.05, 0.1) is 11.2 Å². The number of aliphatic hydroxyl groups is 1. The third-order valence-corrected chi connectivity index (χ3v) is 3.00. The lowest BCUT2D eigenvalue weighted by atomic mass is 9.95. The molecule has 1 aliphatic rings. The highest BCUT2D eigenvalue weighted by molar-refractivity contribution is 5.94. The van der Waals surface area contributed by atoms with Crippen molar-refractivity contribution in [3.05, 3.63) is 23.9 Å². The van der Waals surface area contributed by atoms with Crippen LogP contribution in [0.5, 0.6) is 0 Å². The summed E-state index contributed by atoms with van der Waals surface area (Å²) in [4.78, 5) is 17.7. The molecular weight excluding hydrogens is 218 g/mol. The van der Waals surface area contributed by atoms with Crippen molar-refractivity contribution in [1.82, 2.24) is 9.88 Å². The molecule has 1 aliphatic heterocycles. The molecule has 2 heterocycles. The molecule has 0 bridgehead atoms. The quantitative estimate of drug-likeness (QED) is 0.749. The van der Waals surface area contributed by atoms with E-state index in [1.54, 1.807) is 24.0 Å². The van der Waals surface area contributed by atoms with Gasteiger partial charge in [-0.1, -0.05) is 0 Å². The number of likely N-dealkylation sites (tertiary alicyclic amines) is 1. The van der Waals surface area contributed by atoms with Crippen LogP contribution < -0.4 is 5.73 Å². The van der Waals surface area contributed by atoms with Crippen LogP contribution in [0, 0.1) is 0 Å². The molecule has 1 saturated heterocycles. The van der Waals surface area contributed by atoms with Gasteiger partial charge in [0.1, 0.15) is 5.82 Å². The molecule has 5 heteroatoms. The fraction of sp³-hybridized carbons (Fsp3) is 0.500. The van der Waals surface area contributed by atoms with Gasteiger partial charge in [-0.3, -0.25) is 4.79 Å². The molecule has 3 N–H and O–H groups in total. The minimum atomic E-state index is -0.783. The van der Waals surface area contributed by atoms with E-state index in [4.69, 9.17) is 5.73 Å². The van der Waals surface area contributed by atoms with Crippen molar-refractivity contribution in [2.45, 2.75) is 25.4 Å². The van der Waals surface area contributed by atoms with Gasteiger partial charge < -0.3 is 15.7 Å². The molecule has 1 amide bonds. The van der Waals surface area contributed by atoms with Gasteiger partial charge in [0.2, 0.25) is 0 Å². The predicted molar refractivity (Wildman–Crippen MR) is 64.4 cm³/mol. The van der Waals surface area contributed by atoms with E-state index in [2.05, 4.69) is 4.98 Å². The molecule has 1 aromatic rings. The van der Waals surface area contributed by atoms with Crippen LogP contribution in [0.15, 0.2) is 18.3 Å². The number of pyridine rings is 1. The smallest absolute Gasteiger partial charge is 0.255 e. The molecule has 0 radical (unpaired) electrons. The van der Waals surface area contributed by atoms with Gasteiger partial charge in [0.15, 0.2) is 0 Å². The molecule has 1 atom stereocenters. The Hall–Kier alpha value is -1.62. The molecule has 0 aromatic carbocycles. The molecule has 0 aliphatic carbocycles. The van der Waals surface area contributed by atoms with Crippen LogP contribution >= 0.6 is 0 Å². The minimum absolute atomic E-state index is 0.0996. The lowest BCUT2D eigenvalue weighted by molar-refractivity contribution is -0.0107. The van der Waals surface area contributed by atoms with E-state index >= 15 is 0 Å². The average Bonchev–Trinajstić information content (AvgIpc) is 2.28. The second-order valence-corrected chi connectivity index (χ2v) is 4.80. The zero-order valence-corrected chi connectivity index (χ0v) is 9.89. The Balaban J connectivity index is 2.12. The van der Waals surface area contributed by atoms with Gasteiger partial charge in [-0.25, -0.2) is 4.98 Å². The van der Waals surface area contributed by atoms with Crippen molar-refractivity contribution >= 4 is 11.7 Å². The number of nitrogens with two attached hydrogens (primary N) is 1. The lowest BCUT2D eigenvalue weighted by Gasteiger charge is -2.36. The van der Waals surface area contributed by atoms with Crippen molar-refractivity contribution < 1.29 is 9.90 Å². The number of carbonyl (C=O) groups is 1. The standard InChI is InChI=1S/C12H17N3O2/c1-12(17)5-2-6-15(8-12)11(16)9-3-4-10(13)14-7-9/h3-4,7,17H,2,5-6,8H2,1H3,(H2,13,14). The molecule has 1 fully saturated rings. The van der Waals surface area contributed by atoms with Crippen molar-refractivity contribution in [3.8, 4) is 0 Å². The number of amides is 1. The third-order valence-electron chi connectivity index (χ3n) is 3.00. The van der Waals surface area contributed by atoms with Crippen LogP contribution in [0.3, 0.4) is 0 Å². The first kappa shape index (κ1) is 11.9. The average molecular weight is 235 g/mol. The SMILES string of the molecule is CC1(O)CCCN(C(=O)c2ccc(N)nc2)C1. The Morgan fingerprint density at radius 3 is 2.94 bits per heavy atom. The van der Waals surface area contributed by atoms with E-state index in [0.717, 1.165) is 12.8 Å². The van der Waals surface area contributed by atoms with E-state index < -0.39 is 5.60 Å². The van der Waals surface area contributed by atoms with Gasteiger partial charge >= 0.3 is 0 Å². The molecule has 2 rings (SSSR count). The van der Waals surface area contributed by atoms with E-state index in [1.807, 2.05) is 0 Å². The number of β-amino-alcohol motifs (C(OH)–C–C–N with tert-alkyl or cyclic N) is 1. The number of hydrogen-bond acceptors (Lipinski definition) is 4. The molecule has 0 spiro atoms. The molecule has 5 nitrogen and oxygen atoms in total. The molecule has 1 unspecified atom stereocenters. The zero-order valence-electron chi connectivity index (χ0n) is 9.89. The monoisotopic (exact) mass is 235 g/mol. The number of hydrogen-bond donors (Lipinski definition) is 2. The Morgan fingerprint density at radius 2 is 2.35 bits per heavy atom. The third kappa shape index (κ3) is 2.74. The Kier molecular flexibility index (Phi) is 3.02. The van der Waals surface area contributed by atoms with Crippen molar-refractivity contribution in [2.24, 2.45) is 0 Å². The fourth-order valence-electron chi connectivity index (χ4n) is 2.11. The maximum atomic E-state index is 12.1. The molecular formula is C12H17N3O2. The fourth-order valence-corrected chi connectivity index (χ4v) is 2.11. The highest BCUT2D eigenvalue weighted by atomic mass is 16.3. The summed E-state index contributed by atoms with van der Waals surface area (Å²) in [6.07, 6.45) is 3.03. The van der Waals surface area contributed by atoms with Crippen LogP contribution in [0.1, 0.15) is 30.1 Å². The summed E-state index contributed by atoms with van der Waals surface area (Å²) in [5.74, 6) is 0.296. The minimum Gasteiger partial charge on any atom is -0.388 e. The van der Waals surface area contributed by atoms with Crippen molar-refractivity contribution in [1.29, 1.82) is 0 Å². The molecule has 17 heavy (non-hydrogen) atoms. The summed E-state index contributed by atoms with van der Waals surface area (Å²) in [7, 11) is 0. The summed E-state index contributed by atoms with van der Waals surface area (Å²) < 4.78 is 0. The number of anilines is 1. The number of nitrogens with zero attached hydrogens (tertiary/aromatic N) is 2. The summed E-state index contributed by atoms with van der Waals surface area (Å²) in [6, 6.07) is 3.27. The maximum Gasteiger partial charge on any atom is 0.255 e. The number of carbonyl (C=O) groups excluding carboxylic acids is 1. The van der Waals surface area contributed by atoms with Crippen LogP contribution in [0.2, 0.25) is 0 Å². The molecule has 1 aromatic heterocycles. The maximum absolute atomic E-state index is 12.1. The van der Waals surface area contributed by atoms with Crippen LogP contribution in [-0.2, 0) is 0 Å². The summed E-state index contributed by atoms with van der Waals surface area (Å²) in [5.41, 5.74) is 5.20. The highest BCUT2D eigenvalue weighted by Crippen LogP contribution is 2.21. The lowest BCUT2D eigenvalue weighted by Crippen LogP contribution is -2.48. The highest BCUT2D eigenvalue weighted by Gasteiger charge is 2.31. The van der Waals surface area contributed by atoms with Gasteiger partial charge in [0.25, 0.3) is 5.91 Å². The Labute approximate surface area is 100 Å². The second kappa shape index (κ2) is 4.33. The Bertz CT molecular complexity index is 414. The van der Waals surface area contributed by atoms with Crippen LogP contribution in [0.4, 0.5) is 5.82 Å². The second-order valence-electron chi connectivity index (χ2n) is 4.80.